The largest absolute Gasteiger partial charge is 0.393 e. The van der Waals surface area contributed by atoms with Crippen molar-refractivity contribution in [3.63, 3.8) is 0 Å². The van der Waals surface area contributed by atoms with Crippen molar-refractivity contribution in [2.45, 2.75) is 11.1 Å². The standard InChI is InChI=1S/C15H16ClNO2/c16-15(17,10-18)13-8-4-7-12(9-13)14(19)11-5-2-1-3-6-11/h1-9,14,18-19H,10,17H2. The lowest BCUT2D eigenvalue weighted by Gasteiger charge is -2.21. The van der Waals surface area contributed by atoms with E-state index < -0.39 is 11.1 Å². The molecule has 0 aliphatic heterocycles. The Balaban J connectivity index is 2.34. The zero-order valence-electron chi connectivity index (χ0n) is 10.3. The molecule has 0 fully saturated rings. The Morgan fingerprint density at radius 1 is 1.05 bits per heavy atom. The van der Waals surface area contributed by atoms with Crippen molar-refractivity contribution in [2.75, 3.05) is 6.61 Å². The van der Waals surface area contributed by atoms with Crippen LogP contribution < -0.4 is 5.73 Å². The second-order valence-electron chi connectivity index (χ2n) is 4.46. The SMILES string of the molecule is NC(Cl)(CO)c1cccc(C(O)c2ccccc2)c1. The molecule has 3 nitrogen and oxygen atoms in total. The van der Waals surface area contributed by atoms with Crippen LogP contribution in [0.3, 0.4) is 0 Å². The maximum absolute atomic E-state index is 10.3. The second-order valence-corrected chi connectivity index (χ2v) is 5.13. The number of hydrogen-bond acceptors (Lipinski definition) is 3. The van der Waals surface area contributed by atoms with Gasteiger partial charge < -0.3 is 15.9 Å². The van der Waals surface area contributed by atoms with Gasteiger partial charge >= 0.3 is 0 Å². The second kappa shape index (κ2) is 5.72. The summed E-state index contributed by atoms with van der Waals surface area (Å²) in [6.07, 6.45) is -0.743. The van der Waals surface area contributed by atoms with E-state index in [4.69, 9.17) is 17.3 Å². The summed E-state index contributed by atoms with van der Waals surface area (Å²) in [4.78, 5) is -1.33. The minimum atomic E-state index is -1.33. The molecule has 4 N–H and O–H groups in total. The van der Waals surface area contributed by atoms with Gasteiger partial charge in [0.25, 0.3) is 0 Å². The van der Waals surface area contributed by atoms with E-state index in [0.29, 0.717) is 11.1 Å². The fraction of sp³-hybridized carbons (Fsp3) is 0.200. The topological polar surface area (TPSA) is 66.5 Å². The average Bonchev–Trinajstić information content (AvgIpc) is 2.47. The molecular formula is C15H16ClNO2. The van der Waals surface area contributed by atoms with Gasteiger partial charge in [-0.2, -0.15) is 0 Å². The first kappa shape index (κ1) is 14.0. The third-order valence-electron chi connectivity index (χ3n) is 3.03. The maximum atomic E-state index is 10.3. The van der Waals surface area contributed by atoms with Crippen molar-refractivity contribution in [1.29, 1.82) is 0 Å². The van der Waals surface area contributed by atoms with Gasteiger partial charge in [-0.3, -0.25) is 0 Å². The Bertz CT molecular complexity index is 543. The molecule has 0 bridgehead atoms. The lowest BCUT2D eigenvalue weighted by Crippen LogP contribution is -2.34. The molecule has 0 heterocycles. The first-order chi connectivity index (χ1) is 9.04. The smallest absolute Gasteiger partial charge is 0.140 e. The highest BCUT2D eigenvalue weighted by Crippen LogP contribution is 2.27. The fourth-order valence-corrected chi connectivity index (χ4v) is 2.00. The molecule has 2 unspecified atom stereocenters. The summed E-state index contributed by atoms with van der Waals surface area (Å²) >= 11 is 6.01. The van der Waals surface area contributed by atoms with Gasteiger partial charge in [0.05, 0.1) is 6.61 Å². The predicted octanol–water partition coefficient (Wildman–Crippen LogP) is 2.11. The normalized spacial score (nSPS) is 15.8. The highest BCUT2D eigenvalue weighted by Gasteiger charge is 2.24. The van der Waals surface area contributed by atoms with Crippen molar-refractivity contribution in [3.05, 3.63) is 71.3 Å². The van der Waals surface area contributed by atoms with Crippen LogP contribution in [0.2, 0.25) is 0 Å². The third kappa shape index (κ3) is 3.14. The van der Waals surface area contributed by atoms with Gasteiger partial charge in [0.2, 0.25) is 0 Å². The monoisotopic (exact) mass is 277 g/mol. The highest BCUT2D eigenvalue weighted by molar-refractivity contribution is 6.23. The molecule has 2 aromatic rings. The van der Waals surface area contributed by atoms with Gasteiger partial charge in [-0.15, -0.1) is 0 Å². The molecule has 100 valence electrons. The summed E-state index contributed by atoms with van der Waals surface area (Å²) in [5.74, 6) is 0. The van der Waals surface area contributed by atoms with Crippen LogP contribution in [-0.2, 0) is 5.00 Å². The van der Waals surface area contributed by atoms with E-state index in [2.05, 4.69) is 0 Å². The number of benzene rings is 2. The summed E-state index contributed by atoms with van der Waals surface area (Å²) < 4.78 is 0. The van der Waals surface area contributed by atoms with Crippen LogP contribution in [0.4, 0.5) is 0 Å². The number of rotatable bonds is 4. The van der Waals surface area contributed by atoms with Crippen molar-refractivity contribution in [3.8, 4) is 0 Å². The van der Waals surface area contributed by atoms with Crippen LogP contribution in [0.1, 0.15) is 22.8 Å². The van der Waals surface area contributed by atoms with E-state index in [1.165, 1.54) is 0 Å². The fourth-order valence-electron chi connectivity index (χ4n) is 1.89. The lowest BCUT2D eigenvalue weighted by molar-refractivity contribution is 0.219. The summed E-state index contributed by atoms with van der Waals surface area (Å²) in [6, 6.07) is 16.3. The Labute approximate surface area is 117 Å². The number of halogens is 1. The molecule has 0 saturated carbocycles. The summed E-state index contributed by atoms with van der Waals surface area (Å²) in [5.41, 5.74) is 7.83. The van der Waals surface area contributed by atoms with Crippen molar-refractivity contribution >= 4 is 11.6 Å². The van der Waals surface area contributed by atoms with Crippen LogP contribution in [0.5, 0.6) is 0 Å². The van der Waals surface area contributed by atoms with Gasteiger partial charge in [0.15, 0.2) is 0 Å². The molecule has 0 aromatic heterocycles. The van der Waals surface area contributed by atoms with Gasteiger partial charge in [-0.05, 0) is 22.8 Å². The van der Waals surface area contributed by atoms with Crippen LogP contribution in [0.15, 0.2) is 54.6 Å². The molecule has 0 radical (unpaired) electrons. The molecule has 19 heavy (non-hydrogen) atoms. The van der Waals surface area contributed by atoms with Crippen LogP contribution >= 0.6 is 11.6 Å². The van der Waals surface area contributed by atoms with E-state index in [-0.39, 0.29) is 6.61 Å². The summed E-state index contributed by atoms with van der Waals surface area (Å²) in [6.45, 7) is -0.376. The molecule has 2 atom stereocenters. The van der Waals surface area contributed by atoms with Crippen LogP contribution in [0.25, 0.3) is 0 Å². The molecule has 4 heteroatoms. The van der Waals surface area contributed by atoms with Gasteiger partial charge in [0, 0.05) is 0 Å². The Hall–Kier alpha value is -1.39. The molecule has 0 spiro atoms. The number of aliphatic hydroxyl groups excluding tert-OH is 2. The van der Waals surface area contributed by atoms with Crippen LogP contribution in [0, 0.1) is 0 Å². The third-order valence-corrected chi connectivity index (χ3v) is 3.37. The first-order valence-corrected chi connectivity index (χ1v) is 6.34. The molecule has 0 amide bonds. The zero-order valence-corrected chi connectivity index (χ0v) is 11.1. The van der Waals surface area contributed by atoms with E-state index in [9.17, 15) is 10.2 Å². The lowest BCUT2D eigenvalue weighted by atomic mass is 9.97. The average molecular weight is 278 g/mol. The quantitative estimate of drug-likeness (QED) is 0.592. The first-order valence-electron chi connectivity index (χ1n) is 5.97. The van der Waals surface area contributed by atoms with Crippen molar-refractivity contribution in [2.24, 2.45) is 5.73 Å². The minimum absolute atomic E-state index is 0.376. The Morgan fingerprint density at radius 3 is 2.32 bits per heavy atom. The number of alkyl halides is 1. The molecule has 0 aliphatic carbocycles. The van der Waals surface area contributed by atoms with Crippen molar-refractivity contribution in [1.82, 2.24) is 0 Å². The molecule has 2 aromatic carbocycles. The van der Waals surface area contributed by atoms with E-state index in [0.717, 1.165) is 5.56 Å². The van der Waals surface area contributed by atoms with Crippen molar-refractivity contribution < 1.29 is 10.2 Å². The predicted molar refractivity (Wildman–Crippen MR) is 75.8 cm³/mol. The Morgan fingerprint density at radius 2 is 1.68 bits per heavy atom. The minimum Gasteiger partial charge on any atom is -0.393 e. The molecule has 2 rings (SSSR count). The van der Waals surface area contributed by atoms with E-state index in [1.54, 1.807) is 24.3 Å². The number of aliphatic hydroxyl groups is 2. The van der Waals surface area contributed by atoms with Gasteiger partial charge in [-0.25, -0.2) is 0 Å². The maximum Gasteiger partial charge on any atom is 0.140 e. The van der Waals surface area contributed by atoms with E-state index >= 15 is 0 Å². The Kier molecular flexibility index (Phi) is 4.22. The highest BCUT2D eigenvalue weighted by atomic mass is 35.5. The molecule has 0 saturated heterocycles. The zero-order chi connectivity index (χ0) is 13.9. The van der Waals surface area contributed by atoms with Gasteiger partial charge in [0.1, 0.15) is 11.1 Å². The van der Waals surface area contributed by atoms with Gasteiger partial charge in [-0.1, -0.05) is 60.1 Å². The summed E-state index contributed by atoms with van der Waals surface area (Å²) in [7, 11) is 0. The number of hydrogen-bond donors (Lipinski definition) is 3. The summed E-state index contributed by atoms with van der Waals surface area (Å²) in [5, 5.41) is 19.5. The van der Waals surface area contributed by atoms with Crippen LogP contribution in [-0.4, -0.2) is 16.8 Å². The van der Waals surface area contributed by atoms with E-state index in [1.807, 2.05) is 30.3 Å². The number of nitrogens with two attached hydrogens (primary N) is 1. The molecular weight excluding hydrogens is 262 g/mol. The molecule has 0 aliphatic rings.